The highest BCUT2D eigenvalue weighted by molar-refractivity contribution is 7.99. The first-order valence-electron chi connectivity index (χ1n) is 5.15. The fraction of sp³-hybridized carbons (Fsp3) is 0.400. The highest BCUT2D eigenvalue weighted by Gasteiger charge is 2.28. The van der Waals surface area contributed by atoms with Gasteiger partial charge in [-0.05, 0) is 18.2 Å². The number of halogens is 1. The topological polar surface area (TPSA) is 63.4 Å². The van der Waals surface area contributed by atoms with Crippen molar-refractivity contribution in [3.05, 3.63) is 24.0 Å². The number of anilines is 1. The molecule has 17 heavy (non-hydrogen) atoms. The van der Waals surface area contributed by atoms with Gasteiger partial charge in [0.1, 0.15) is 10.7 Å². The van der Waals surface area contributed by atoms with Crippen LogP contribution in [0.2, 0.25) is 0 Å². The van der Waals surface area contributed by atoms with Crippen LogP contribution in [0.15, 0.2) is 23.1 Å². The number of nitrogen functional groups attached to an aromatic ring is 1. The Balaban J connectivity index is 2.40. The van der Waals surface area contributed by atoms with E-state index in [0.717, 1.165) is 23.6 Å². The van der Waals surface area contributed by atoms with E-state index in [9.17, 15) is 12.8 Å². The van der Waals surface area contributed by atoms with Crippen LogP contribution in [0.1, 0.15) is 0 Å². The van der Waals surface area contributed by atoms with Gasteiger partial charge in [0.15, 0.2) is 0 Å². The van der Waals surface area contributed by atoms with Crippen LogP contribution < -0.4 is 5.73 Å². The maximum absolute atomic E-state index is 13.1. The van der Waals surface area contributed by atoms with E-state index in [4.69, 9.17) is 5.73 Å². The molecule has 0 spiro atoms. The zero-order valence-corrected chi connectivity index (χ0v) is 10.7. The highest BCUT2D eigenvalue weighted by Crippen LogP contribution is 2.25. The van der Waals surface area contributed by atoms with Crippen LogP contribution in [0.25, 0.3) is 0 Å². The maximum atomic E-state index is 13.1. The molecular weight excluding hydrogens is 263 g/mol. The van der Waals surface area contributed by atoms with Crippen molar-refractivity contribution in [2.24, 2.45) is 0 Å². The van der Waals surface area contributed by atoms with Crippen LogP contribution in [-0.2, 0) is 10.0 Å². The molecule has 2 rings (SSSR count). The molecule has 1 aliphatic rings. The lowest BCUT2D eigenvalue weighted by molar-refractivity contribution is 0.443. The number of nitrogens with two attached hydrogens (primary N) is 1. The minimum Gasteiger partial charge on any atom is -0.398 e. The van der Waals surface area contributed by atoms with E-state index in [2.05, 4.69) is 0 Å². The average molecular weight is 276 g/mol. The number of hydrogen-bond donors (Lipinski definition) is 1. The Labute approximate surface area is 104 Å². The van der Waals surface area contributed by atoms with E-state index < -0.39 is 15.8 Å². The Bertz CT molecular complexity index is 513. The van der Waals surface area contributed by atoms with Gasteiger partial charge in [-0.1, -0.05) is 0 Å². The fourth-order valence-electron chi connectivity index (χ4n) is 1.66. The van der Waals surface area contributed by atoms with E-state index in [1.54, 1.807) is 11.8 Å². The summed E-state index contributed by atoms with van der Waals surface area (Å²) >= 11 is 1.71. The first-order chi connectivity index (χ1) is 8.01. The third-order valence-electron chi connectivity index (χ3n) is 2.56. The van der Waals surface area contributed by atoms with Crippen molar-refractivity contribution in [1.29, 1.82) is 0 Å². The summed E-state index contributed by atoms with van der Waals surface area (Å²) in [5.74, 6) is 0.923. The molecule has 1 heterocycles. The van der Waals surface area contributed by atoms with E-state index in [-0.39, 0.29) is 10.6 Å². The minimum absolute atomic E-state index is 0.0876. The molecule has 1 aliphatic heterocycles. The maximum Gasteiger partial charge on any atom is 0.245 e. The summed E-state index contributed by atoms with van der Waals surface area (Å²) in [6, 6.07) is 3.41. The molecule has 2 N–H and O–H groups in total. The lowest BCUT2D eigenvalue weighted by Gasteiger charge is -2.26. The van der Waals surface area contributed by atoms with Gasteiger partial charge in [-0.3, -0.25) is 0 Å². The van der Waals surface area contributed by atoms with Gasteiger partial charge in [-0.25, -0.2) is 12.8 Å². The van der Waals surface area contributed by atoms with Crippen LogP contribution in [0.4, 0.5) is 10.1 Å². The molecule has 0 unspecified atom stereocenters. The first kappa shape index (κ1) is 12.7. The minimum atomic E-state index is -3.66. The van der Waals surface area contributed by atoms with Gasteiger partial charge in [0.2, 0.25) is 10.0 Å². The van der Waals surface area contributed by atoms with Gasteiger partial charge in [0, 0.05) is 24.6 Å². The monoisotopic (exact) mass is 276 g/mol. The molecule has 1 saturated heterocycles. The second-order valence-electron chi connectivity index (χ2n) is 3.70. The standard InChI is InChI=1S/C10H13FN2O2S2/c11-8-1-2-9(12)10(7-8)17(14,15)13-3-5-16-6-4-13/h1-2,7H,3-6,12H2. The van der Waals surface area contributed by atoms with Gasteiger partial charge >= 0.3 is 0 Å². The molecule has 0 aliphatic carbocycles. The predicted octanol–water partition coefficient (Wildman–Crippen LogP) is 1.15. The molecule has 1 aromatic carbocycles. The number of hydrogen-bond acceptors (Lipinski definition) is 4. The van der Waals surface area contributed by atoms with Gasteiger partial charge < -0.3 is 5.73 Å². The van der Waals surface area contributed by atoms with Gasteiger partial charge in [0.05, 0.1) is 5.69 Å². The molecule has 0 amide bonds. The van der Waals surface area contributed by atoms with Crippen molar-refractivity contribution >= 4 is 27.5 Å². The molecule has 0 aromatic heterocycles. The molecule has 0 atom stereocenters. The molecule has 94 valence electrons. The number of sulfonamides is 1. The summed E-state index contributed by atoms with van der Waals surface area (Å²) in [4.78, 5) is -0.135. The van der Waals surface area contributed by atoms with E-state index in [1.807, 2.05) is 0 Å². The fourth-order valence-corrected chi connectivity index (χ4v) is 4.36. The summed E-state index contributed by atoms with van der Waals surface area (Å²) in [5, 5.41) is 0. The Kier molecular flexibility index (Phi) is 3.60. The molecule has 0 radical (unpaired) electrons. The van der Waals surface area contributed by atoms with E-state index in [1.165, 1.54) is 10.4 Å². The number of benzene rings is 1. The summed E-state index contributed by atoms with van der Waals surface area (Å²) in [7, 11) is -3.66. The van der Waals surface area contributed by atoms with Gasteiger partial charge in [-0.15, -0.1) is 0 Å². The van der Waals surface area contributed by atoms with Crippen LogP contribution in [-0.4, -0.2) is 37.3 Å². The third-order valence-corrected chi connectivity index (χ3v) is 5.46. The number of thioether (sulfide) groups is 1. The first-order valence-corrected chi connectivity index (χ1v) is 7.74. The molecule has 0 bridgehead atoms. The lowest BCUT2D eigenvalue weighted by atomic mass is 10.3. The number of rotatable bonds is 2. The van der Waals surface area contributed by atoms with Crippen molar-refractivity contribution < 1.29 is 12.8 Å². The van der Waals surface area contributed by atoms with Gasteiger partial charge in [-0.2, -0.15) is 16.1 Å². The van der Waals surface area contributed by atoms with Crippen LogP contribution in [0.3, 0.4) is 0 Å². The summed E-state index contributed by atoms with van der Waals surface area (Å²) in [6.45, 7) is 0.895. The quantitative estimate of drug-likeness (QED) is 0.823. The van der Waals surface area contributed by atoms with Gasteiger partial charge in [0.25, 0.3) is 0 Å². The zero-order valence-electron chi connectivity index (χ0n) is 9.10. The molecule has 0 saturated carbocycles. The normalized spacial score (nSPS) is 18.2. The van der Waals surface area contributed by atoms with Crippen molar-refractivity contribution in [2.45, 2.75) is 4.90 Å². The largest absolute Gasteiger partial charge is 0.398 e. The zero-order chi connectivity index (χ0) is 12.5. The van der Waals surface area contributed by atoms with Crippen molar-refractivity contribution in [1.82, 2.24) is 4.31 Å². The van der Waals surface area contributed by atoms with E-state index in [0.29, 0.717) is 13.1 Å². The second-order valence-corrected chi connectivity index (χ2v) is 6.83. The second kappa shape index (κ2) is 4.83. The van der Waals surface area contributed by atoms with Crippen LogP contribution in [0, 0.1) is 5.82 Å². The molecular formula is C10H13FN2O2S2. The smallest absolute Gasteiger partial charge is 0.245 e. The molecule has 1 fully saturated rings. The Morgan fingerprint density at radius 1 is 1.29 bits per heavy atom. The highest BCUT2D eigenvalue weighted by atomic mass is 32.2. The van der Waals surface area contributed by atoms with Crippen LogP contribution in [0.5, 0.6) is 0 Å². The lowest BCUT2D eigenvalue weighted by Crippen LogP contribution is -2.38. The van der Waals surface area contributed by atoms with E-state index >= 15 is 0 Å². The summed E-state index contributed by atoms with van der Waals surface area (Å²) in [6.07, 6.45) is 0. The third kappa shape index (κ3) is 2.56. The Morgan fingerprint density at radius 3 is 2.59 bits per heavy atom. The average Bonchev–Trinajstić information content (AvgIpc) is 2.33. The summed E-state index contributed by atoms with van der Waals surface area (Å²) in [5.41, 5.74) is 5.69. The predicted molar refractivity (Wildman–Crippen MR) is 66.9 cm³/mol. The molecule has 1 aromatic rings. The Hall–Kier alpha value is -0.790. The number of nitrogens with zero attached hydrogens (tertiary/aromatic N) is 1. The van der Waals surface area contributed by atoms with Crippen molar-refractivity contribution in [3.8, 4) is 0 Å². The van der Waals surface area contributed by atoms with Crippen molar-refractivity contribution in [3.63, 3.8) is 0 Å². The van der Waals surface area contributed by atoms with Crippen LogP contribution >= 0.6 is 11.8 Å². The molecule has 4 nitrogen and oxygen atoms in total. The SMILES string of the molecule is Nc1ccc(F)cc1S(=O)(=O)N1CCSCC1. The Morgan fingerprint density at radius 2 is 1.94 bits per heavy atom. The molecule has 7 heteroatoms. The summed E-state index contributed by atoms with van der Waals surface area (Å²) < 4.78 is 38.9. The van der Waals surface area contributed by atoms with Crippen molar-refractivity contribution in [2.75, 3.05) is 30.3 Å².